The van der Waals surface area contributed by atoms with E-state index in [0.29, 0.717) is 23.6 Å². The van der Waals surface area contributed by atoms with Gasteiger partial charge in [-0.15, -0.1) is 0 Å². The second kappa shape index (κ2) is 10.5. The van der Waals surface area contributed by atoms with Crippen LogP contribution in [0.25, 0.3) is 0 Å². The molecule has 2 fully saturated rings. The van der Waals surface area contributed by atoms with Crippen molar-refractivity contribution in [2.75, 3.05) is 19.8 Å². The van der Waals surface area contributed by atoms with Gasteiger partial charge in [-0.2, -0.15) is 0 Å². The Morgan fingerprint density at radius 2 is 1.71 bits per heavy atom. The van der Waals surface area contributed by atoms with Crippen molar-refractivity contribution in [3.8, 4) is 5.75 Å². The Morgan fingerprint density at radius 1 is 1.09 bits per heavy atom. The Morgan fingerprint density at radius 3 is 2.34 bits per heavy atom. The summed E-state index contributed by atoms with van der Waals surface area (Å²) in [6.45, 7) is 4.42. The molecule has 1 spiro atoms. The highest BCUT2D eigenvalue weighted by atomic mass is 35.5. The fourth-order valence-electron chi connectivity index (χ4n) is 4.86. The number of hydrogen-bond donors (Lipinski definition) is 3. The minimum Gasteiger partial charge on any atom is -0.484 e. The summed E-state index contributed by atoms with van der Waals surface area (Å²) in [5, 5.41) is 3.29. The summed E-state index contributed by atoms with van der Waals surface area (Å²) in [5.41, 5.74) is 3.02. The van der Waals surface area contributed by atoms with Crippen LogP contribution in [0.4, 0.5) is 4.79 Å². The van der Waals surface area contributed by atoms with Crippen LogP contribution in [0.5, 0.6) is 5.75 Å². The zero-order valence-corrected chi connectivity index (χ0v) is 20.6. The highest BCUT2D eigenvalue weighted by Crippen LogP contribution is 2.46. The van der Waals surface area contributed by atoms with Gasteiger partial charge in [0, 0.05) is 5.02 Å². The molecule has 5 amide bonds. The molecule has 0 aromatic heterocycles. The molecule has 0 bridgehead atoms. The van der Waals surface area contributed by atoms with Gasteiger partial charge >= 0.3 is 12.0 Å². The van der Waals surface area contributed by atoms with E-state index in [9.17, 15) is 24.0 Å². The highest BCUT2D eigenvalue weighted by Gasteiger charge is 2.56. The number of hydrogen-bond acceptors (Lipinski definition) is 7. The maximum atomic E-state index is 13.0. The molecule has 1 aromatic carbocycles. The summed E-state index contributed by atoms with van der Waals surface area (Å²) >= 11 is 5.76. The molecule has 0 unspecified atom stereocenters. The van der Waals surface area contributed by atoms with Crippen molar-refractivity contribution in [2.45, 2.75) is 45.6 Å². The second-order valence-corrected chi connectivity index (χ2v) is 10.2. The molecule has 2 atom stereocenters. The first-order valence-electron chi connectivity index (χ1n) is 11.1. The molecule has 190 valence electrons. The lowest BCUT2D eigenvalue weighted by atomic mass is 9.64. The van der Waals surface area contributed by atoms with Gasteiger partial charge in [0.25, 0.3) is 17.7 Å². The number of nitrogens with one attached hydrogen (secondary N) is 3. The van der Waals surface area contributed by atoms with Crippen molar-refractivity contribution in [1.82, 2.24) is 21.1 Å². The molecule has 12 heteroatoms. The Bertz CT molecular complexity index is 1010. The zero-order valence-electron chi connectivity index (χ0n) is 19.8. The van der Waals surface area contributed by atoms with E-state index < -0.39 is 48.4 Å². The monoisotopic (exact) mass is 508 g/mol. The van der Waals surface area contributed by atoms with Crippen molar-refractivity contribution >= 4 is 41.3 Å². The lowest BCUT2D eigenvalue weighted by Gasteiger charge is -2.43. The molecule has 3 rings (SSSR count). The molecule has 1 heterocycles. The van der Waals surface area contributed by atoms with Crippen LogP contribution in [0, 0.1) is 11.3 Å². The van der Waals surface area contributed by atoms with Crippen LogP contribution < -0.4 is 20.9 Å². The quantitative estimate of drug-likeness (QED) is 0.288. The number of imide groups is 1. The first kappa shape index (κ1) is 26.3. The maximum absolute atomic E-state index is 13.0. The number of benzene rings is 1. The summed E-state index contributed by atoms with van der Waals surface area (Å²) in [6, 6.07) is 5.70. The number of urea groups is 1. The number of amides is 5. The van der Waals surface area contributed by atoms with Crippen LogP contribution in [0.15, 0.2) is 24.3 Å². The number of halogens is 1. The topological polar surface area (TPSA) is 143 Å². The van der Waals surface area contributed by atoms with Crippen molar-refractivity contribution in [1.29, 1.82) is 0 Å². The molecule has 0 radical (unpaired) electrons. The molecule has 1 aromatic rings. The van der Waals surface area contributed by atoms with Crippen molar-refractivity contribution in [2.24, 2.45) is 11.3 Å². The number of nitrogens with zero attached hydrogens (tertiary/aromatic N) is 1. The molecule has 1 saturated carbocycles. The molecular weight excluding hydrogens is 480 g/mol. The lowest BCUT2D eigenvalue weighted by molar-refractivity contribution is -0.152. The van der Waals surface area contributed by atoms with Crippen molar-refractivity contribution in [3.63, 3.8) is 0 Å². The molecule has 35 heavy (non-hydrogen) atoms. The number of carbonyl (C=O) groups excluding carboxylic acids is 5. The number of hydrazine groups is 1. The number of esters is 1. The third-order valence-corrected chi connectivity index (χ3v) is 6.05. The van der Waals surface area contributed by atoms with Crippen molar-refractivity contribution in [3.05, 3.63) is 29.3 Å². The maximum Gasteiger partial charge on any atom is 0.326 e. The molecule has 11 nitrogen and oxygen atoms in total. The Kier molecular flexibility index (Phi) is 7.89. The normalized spacial score (nSPS) is 23.0. The summed E-state index contributed by atoms with van der Waals surface area (Å²) in [4.78, 5) is 62.1. The van der Waals surface area contributed by atoms with E-state index in [1.165, 1.54) is 0 Å². The summed E-state index contributed by atoms with van der Waals surface area (Å²) < 4.78 is 10.1. The molecule has 3 N–H and O–H groups in total. The largest absolute Gasteiger partial charge is 0.484 e. The SMILES string of the molecule is C[C@H]1CC(C)(C)C[C@@]2(C1)NC(=O)N(CC(=O)OCC(=O)NNC(=O)COc1ccc(Cl)cc1)C2=O. The minimum atomic E-state index is -1.03. The van der Waals surface area contributed by atoms with E-state index in [1.54, 1.807) is 24.3 Å². The van der Waals surface area contributed by atoms with Crippen molar-refractivity contribution < 1.29 is 33.4 Å². The van der Waals surface area contributed by atoms with Gasteiger partial charge in [0.1, 0.15) is 17.8 Å². The molecule has 1 aliphatic heterocycles. The lowest BCUT2D eigenvalue weighted by Crippen LogP contribution is -2.54. The van der Waals surface area contributed by atoms with E-state index in [4.69, 9.17) is 21.1 Å². The van der Waals surface area contributed by atoms with E-state index in [0.717, 1.165) is 11.3 Å². The van der Waals surface area contributed by atoms with Crippen LogP contribution in [0.3, 0.4) is 0 Å². The van der Waals surface area contributed by atoms with Gasteiger partial charge in [-0.25, -0.2) is 4.79 Å². The van der Waals surface area contributed by atoms with Gasteiger partial charge in [-0.3, -0.25) is 34.9 Å². The van der Waals surface area contributed by atoms with Crippen LogP contribution in [0.2, 0.25) is 5.02 Å². The van der Waals surface area contributed by atoms with Gasteiger partial charge < -0.3 is 14.8 Å². The van der Waals surface area contributed by atoms with Crippen LogP contribution in [-0.4, -0.2) is 59.9 Å². The second-order valence-electron chi connectivity index (χ2n) is 9.76. The van der Waals surface area contributed by atoms with Gasteiger partial charge in [-0.05, 0) is 54.9 Å². The zero-order chi connectivity index (χ0) is 25.8. The van der Waals surface area contributed by atoms with Gasteiger partial charge in [-0.1, -0.05) is 32.4 Å². The smallest absolute Gasteiger partial charge is 0.326 e. The summed E-state index contributed by atoms with van der Waals surface area (Å²) in [6.07, 6.45) is 1.90. The fraction of sp³-hybridized carbons (Fsp3) is 0.522. The third-order valence-electron chi connectivity index (χ3n) is 5.80. The fourth-order valence-corrected chi connectivity index (χ4v) is 4.99. The summed E-state index contributed by atoms with van der Waals surface area (Å²) in [5.74, 6) is -2.20. The molecule has 1 aliphatic carbocycles. The first-order valence-corrected chi connectivity index (χ1v) is 11.5. The van der Waals surface area contributed by atoms with Gasteiger partial charge in [0.2, 0.25) is 0 Å². The average molecular weight is 509 g/mol. The Labute approximate surface area is 207 Å². The number of rotatable bonds is 7. The van der Waals surface area contributed by atoms with E-state index >= 15 is 0 Å². The van der Waals surface area contributed by atoms with Gasteiger partial charge in [0.15, 0.2) is 13.2 Å². The third kappa shape index (κ3) is 6.84. The first-order chi connectivity index (χ1) is 16.4. The molecular formula is C23H29ClN4O7. The minimum absolute atomic E-state index is 0.139. The van der Waals surface area contributed by atoms with E-state index in [-0.39, 0.29) is 17.9 Å². The average Bonchev–Trinajstić information content (AvgIpc) is 2.97. The van der Waals surface area contributed by atoms with Crippen LogP contribution in [-0.2, 0) is 23.9 Å². The predicted octanol–water partition coefficient (Wildman–Crippen LogP) is 1.55. The molecule has 2 aliphatic rings. The van der Waals surface area contributed by atoms with Crippen LogP contribution >= 0.6 is 11.6 Å². The Balaban J connectivity index is 1.40. The van der Waals surface area contributed by atoms with E-state index in [2.05, 4.69) is 16.2 Å². The predicted molar refractivity (Wildman–Crippen MR) is 124 cm³/mol. The number of ether oxygens (including phenoxy) is 2. The van der Waals surface area contributed by atoms with Gasteiger partial charge in [0.05, 0.1) is 0 Å². The van der Waals surface area contributed by atoms with E-state index in [1.807, 2.05) is 20.8 Å². The number of carbonyl (C=O) groups is 5. The molecule has 1 saturated heterocycles. The standard InChI is InChI=1S/C23H29ClN4O7/c1-14-8-22(2,3)13-23(9-14)20(32)28(21(33)25-23)10-19(31)35-12-18(30)27-26-17(29)11-34-16-6-4-15(24)5-7-16/h4-7,14H,8-13H2,1-3H3,(H,25,33)(H,26,29)(H,27,30)/t14-,23+/m0/s1. The highest BCUT2D eigenvalue weighted by molar-refractivity contribution is 6.30. The Hall–Kier alpha value is -3.34. The summed E-state index contributed by atoms with van der Waals surface area (Å²) in [7, 11) is 0. The van der Waals surface area contributed by atoms with Crippen LogP contribution in [0.1, 0.15) is 40.0 Å².